The molecule has 1 aliphatic rings. The third-order valence-electron chi connectivity index (χ3n) is 4.83. The SMILES string of the molecule is Cc1nnc2n1-c1ccccc1C(c1ccc(Cl)cc1)=NN2Cc1cccnc1.Cl. The molecule has 1 aliphatic heterocycles. The van der Waals surface area contributed by atoms with E-state index in [-0.39, 0.29) is 12.4 Å². The molecule has 0 saturated heterocycles. The quantitative estimate of drug-likeness (QED) is 0.461. The Morgan fingerprint density at radius 2 is 1.73 bits per heavy atom. The Balaban J connectivity index is 0.00000218. The number of para-hydroxylation sites is 1. The van der Waals surface area contributed by atoms with Gasteiger partial charge in [0.05, 0.1) is 12.2 Å². The molecule has 2 aromatic heterocycles. The Morgan fingerprint density at radius 1 is 0.933 bits per heavy atom. The van der Waals surface area contributed by atoms with Crippen LogP contribution in [0.4, 0.5) is 5.95 Å². The number of nitrogens with zero attached hydrogens (tertiary/aromatic N) is 6. The number of hydrogen-bond donors (Lipinski definition) is 0. The molecule has 4 aromatic rings. The van der Waals surface area contributed by atoms with Crippen LogP contribution in [0.1, 0.15) is 22.5 Å². The highest BCUT2D eigenvalue weighted by Gasteiger charge is 2.26. The van der Waals surface area contributed by atoms with Crippen LogP contribution in [0.3, 0.4) is 0 Å². The maximum absolute atomic E-state index is 6.12. The summed E-state index contributed by atoms with van der Waals surface area (Å²) >= 11 is 6.12. The van der Waals surface area contributed by atoms with Crippen LogP contribution in [-0.2, 0) is 6.54 Å². The largest absolute Gasteiger partial charge is 0.264 e. The fourth-order valence-corrected chi connectivity index (χ4v) is 3.61. The lowest BCUT2D eigenvalue weighted by atomic mass is 10.0. The number of hydrogen-bond acceptors (Lipinski definition) is 5. The van der Waals surface area contributed by atoms with Crippen molar-refractivity contribution in [3.8, 4) is 5.69 Å². The number of fused-ring (bicyclic) bond motifs is 3. The van der Waals surface area contributed by atoms with Gasteiger partial charge in [0.15, 0.2) is 0 Å². The van der Waals surface area contributed by atoms with Gasteiger partial charge in [-0.25, -0.2) is 5.01 Å². The molecule has 0 bridgehead atoms. The predicted molar refractivity (Wildman–Crippen MR) is 121 cm³/mol. The summed E-state index contributed by atoms with van der Waals surface area (Å²) in [7, 11) is 0. The van der Waals surface area contributed by atoms with Crippen LogP contribution >= 0.6 is 24.0 Å². The predicted octanol–water partition coefficient (Wildman–Crippen LogP) is 4.82. The molecule has 0 aliphatic carbocycles. The maximum atomic E-state index is 6.12. The second-order valence-electron chi connectivity index (χ2n) is 6.77. The Morgan fingerprint density at radius 3 is 2.50 bits per heavy atom. The summed E-state index contributed by atoms with van der Waals surface area (Å²) in [4.78, 5) is 4.23. The Hall–Kier alpha value is -3.22. The van der Waals surface area contributed by atoms with E-state index in [0.717, 1.165) is 33.9 Å². The van der Waals surface area contributed by atoms with Crippen molar-refractivity contribution in [2.75, 3.05) is 5.01 Å². The number of aryl methyl sites for hydroxylation is 1. The smallest absolute Gasteiger partial charge is 0.252 e. The molecule has 150 valence electrons. The highest BCUT2D eigenvalue weighted by Crippen LogP contribution is 2.30. The molecule has 3 heterocycles. The fourth-order valence-electron chi connectivity index (χ4n) is 3.48. The molecule has 0 fully saturated rings. The molecule has 0 saturated carbocycles. The lowest BCUT2D eigenvalue weighted by molar-refractivity contribution is 0.793. The maximum Gasteiger partial charge on any atom is 0.252 e. The number of aromatic nitrogens is 4. The van der Waals surface area contributed by atoms with Gasteiger partial charge in [0.25, 0.3) is 5.95 Å². The zero-order chi connectivity index (χ0) is 19.8. The zero-order valence-electron chi connectivity index (χ0n) is 16.1. The average Bonchev–Trinajstić information content (AvgIpc) is 3.07. The van der Waals surface area contributed by atoms with Gasteiger partial charge in [-0.3, -0.25) is 9.55 Å². The summed E-state index contributed by atoms with van der Waals surface area (Å²) in [6.45, 7) is 2.47. The summed E-state index contributed by atoms with van der Waals surface area (Å²) < 4.78 is 2.04. The monoisotopic (exact) mass is 436 g/mol. The van der Waals surface area contributed by atoms with Crippen LogP contribution in [0, 0.1) is 6.92 Å². The van der Waals surface area contributed by atoms with Crippen LogP contribution in [0.2, 0.25) is 5.02 Å². The van der Waals surface area contributed by atoms with Crippen molar-refractivity contribution in [2.45, 2.75) is 13.5 Å². The van der Waals surface area contributed by atoms with Gasteiger partial charge in [-0.2, -0.15) is 5.10 Å². The fraction of sp³-hybridized carbons (Fsp3) is 0.0909. The number of anilines is 1. The Labute approximate surface area is 185 Å². The number of hydrazone groups is 1. The standard InChI is InChI=1S/C22H17ClN6.ClH/c1-15-25-26-22-28(14-16-5-4-12-24-13-16)27-21(17-8-10-18(23)11-9-17)19-6-2-3-7-20(19)29(15)22;/h2-13H,14H2,1H3;1H. The molecular formula is C22H18Cl2N6. The molecule has 2 aromatic carbocycles. The topological polar surface area (TPSA) is 59.2 Å². The van der Waals surface area contributed by atoms with Crippen LogP contribution in [-0.4, -0.2) is 25.5 Å². The summed E-state index contributed by atoms with van der Waals surface area (Å²) in [6, 6.07) is 19.8. The molecule has 5 rings (SSSR count). The summed E-state index contributed by atoms with van der Waals surface area (Å²) in [6.07, 6.45) is 3.60. The van der Waals surface area contributed by atoms with Crippen molar-refractivity contribution < 1.29 is 0 Å². The van der Waals surface area contributed by atoms with E-state index in [1.165, 1.54) is 0 Å². The van der Waals surface area contributed by atoms with E-state index in [1.54, 1.807) is 6.20 Å². The number of pyridine rings is 1. The summed E-state index contributed by atoms with van der Waals surface area (Å²) in [5.41, 5.74) is 4.87. The molecule has 0 atom stereocenters. The highest BCUT2D eigenvalue weighted by atomic mass is 35.5. The van der Waals surface area contributed by atoms with Crippen molar-refractivity contribution >= 4 is 35.7 Å². The minimum Gasteiger partial charge on any atom is -0.264 e. The van der Waals surface area contributed by atoms with E-state index < -0.39 is 0 Å². The molecular weight excluding hydrogens is 419 g/mol. The van der Waals surface area contributed by atoms with Crippen LogP contribution in [0.5, 0.6) is 0 Å². The lowest BCUT2D eigenvalue weighted by Crippen LogP contribution is -2.20. The van der Waals surface area contributed by atoms with E-state index in [4.69, 9.17) is 16.7 Å². The second-order valence-corrected chi connectivity index (χ2v) is 7.21. The van der Waals surface area contributed by atoms with Crippen molar-refractivity contribution in [1.82, 2.24) is 19.7 Å². The number of halogens is 2. The summed E-state index contributed by atoms with van der Waals surface area (Å²) in [5.74, 6) is 1.47. The van der Waals surface area contributed by atoms with Gasteiger partial charge in [-0.1, -0.05) is 48.0 Å². The van der Waals surface area contributed by atoms with Gasteiger partial charge in [-0.15, -0.1) is 22.6 Å². The lowest BCUT2D eigenvalue weighted by Gasteiger charge is -2.17. The third kappa shape index (κ3) is 3.56. The van der Waals surface area contributed by atoms with Gasteiger partial charge >= 0.3 is 0 Å². The van der Waals surface area contributed by atoms with E-state index in [1.807, 2.05) is 71.2 Å². The van der Waals surface area contributed by atoms with Gasteiger partial charge in [0.1, 0.15) is 11.5 Å². The van der Waals surface area contributed by atoms with E-state index in [0.29, 0.717) is 17.5 Å². The van der Waals surface area contributed by atoms with Crippen molar-refractivity contribution in [3.63, 3.8) is 0 Å². The van der Waals surface area contributed by atoms with Crippen molar-refractivity contribution in [2.24, 2.45) is 5.10 Å². The molecule has 0 unspecified atom stereocenters. The van der Waals surface area contributed by atoms with Gasteiger partial charge in [0, 0.05) is 28.5 Å². The van der Waals surface area contributed by atoms with Gasteiger partial charge in [0.2, 0.25) is 0 Å². The minimum absolute atomic E-state index is 0. The first-order valence-electron chi connectivity index (χ1n) is 9.23. The van der Waals surface area contributed by atoms with Crippen LogP contribution in [0.15, 0.2) is 78.2 Å². The number of rotatable bonds is 3. The van der Waals surface area contributed by atoms with Crippen LogP contribution < -0.4 is 5.01 Å². The normalized spacial score (nSPS) is 12.3. The van der Waals surface area contributed by atoms with Gasteiger partial charge < -0.3 is 0 Å². The molecule has 0 radical (unpaired) electrons. The molecule has 6 nitrogen and oxygen atoms in total. The number of benzene rings is 2. The zero-order valence-corrected chi connectivity index (χ0v) is 17.7. The molecule has 0 spiro atoms. The van der Waals surface area contributed by atoms with Crippen LogP contribution in [0.25, 0.3) is 5.69 Å². The first-order valence-corrected chi connectivity index (χ1v) is 9.61. The molecule has 8 heteroatoms. The Kier molecular flexibility index (Phi) is 5.53. The molecule has 0 N–H and O–H groups in total. The average molecular weight is 437 g/mol. The highest BCUT2D eigenvalue weighted by molar-refractivity contribution is 6.30. The van der Waals surface area contributed by atoms with Crippen molar-refractivity contribution in [3.05, 3.63) is 101 Å². The first kappa shape index (κ1) is 20.1. The second kappa shape index (κ2) is 8.26. The minimum atomic E-state index is 0. The third-order valence-corrected chi connectivity index (χ3v) is 5.08. The van der Waals surface area contributed by atoms with Gasteiger partial charge in [-0.05, 0) is 36.8 Å². The molecule has 30 heavy (non-hydrogen) atoms. The summed E-state index contributed by atoms with van der Waals surface area (Å²) in [5, 5.41) is 16.3. The Bertz CT molecular complexity index is 1200. The first-order chi connectivity index (χ1) is 14.2. The molecule has 0 amide bonds. The van der Waals surface area contributed by atoms with E-state index >= 15 is 0 Å². The van der Waals surface area contributed by atoms with Crippen molar-refractivity contribution in [1.29, 1.82) is 0 Å². The van der Waals surface area contributed by atoms with E-state index in [2.05, 4.69) is 27.3 Å². The van der Waals surface area contributed by atoms with E-state index in [9.17, 15) is 0 Å².